The third kappa shape index (κ3) is 2.32. The first-order chi connectivity index (χ1) is 8.60. The monoisotopic (exact) mass is 248 g/mol. The van der Waals surface area contributed by atoms with Crippen LogP contribution >= 0.6 is 0 Å². The second-order valence-corrected chi connectivity index (χ2v) is 4.81. The number of rotatable bonds is 3. The van der Waals surface area contributed by atoms with Crippen molar-refractivity contribution in [2.45, 2.75) is 37.8 Å². The van der Waals surface area contributed by atoms with Gasteiger partial charge in [0, 0.05) is 6.42 Å². The summed E-state index contributed by atoms with van der Waals surface area (Å²) in [7, 11) is 1.78. The minimum atomic E-state index is -0.523. The lowest BCUT2D eigenvalue weighted by Gasteiger charge is -2.20. The van der Waals surface area contributed by atoms with E-state index < -0.39 is 5.54 Å². The van der Waals surface area contributed by atoms with Gasteiger partial charge in [0.15, 0.2) is 11.6 Å². The van der Waals surface area contributed by atoms with Crippen molar-refractivity contribution in [1.29, 1.82) is 5.26 Å². The number of nitrogens with zero attached hydrogens (tertiary/aromatic N) is 1. The van der Waals surface area contributed by atoms with Gasteiger partial charge in [0.2, 0.25) is 0 Å². The molecule has 2 atom stereocenters. The van der Waals surface area contributed by atoms with Gasteiger partial charge in [0.25, 0.3) is 0 Å². The lowest BCUT2D eigenvalue weighted by molar-refractivity contribution is 0.193. The van der Waals surface area contributed by atoms with E-state index in [9.17, 15) is 4.39 Å². The molecule has 1 saturated carbocycles. The zero-order valence-corrected chi connectivity index (χ0v) is 10.7. The second kappa shape index (κ2) is 4.95. The second-order valence-electron chi connectivity index (χ2n) is 4.81. The molecule has 1 aromatic carbocycles. The number of aryl methyl sites for hydroxylation is 1. The lowest BCUT2D eigenvalue weighted by atomic mass is 10.0. The Kier molecular flexibility index (Phi) is 3.53. The molecule has 0 aromatic heterocycles. The number of benzene rings is 1. The summed E-state index contributed by atoms with van der Waals surface area (Å²) in [5, 5.41) is 12.2. The minimum Gasteiger partial charge on any atom is -0.487 e. The van der Waals surface area contributed by atoms with Crippen molar-refractivity contribution in [1.82, 2.24) is 5.32 Å². The molecule has 0 aliphatic heterocycles. The molecule has 0 spiro atoms. The van der Waals surface area contributed by atoms with Gasteiger partial charge in [0.1, 0.15) is 11.6 Å². The maximum absolute atomic E-state index is 13.8. The van der Waals surface area contributed by atoms with Gasteiger partial charge in [-0.15, -0.1) is 0 Å². The van der Waals surface area contributed by atoms with Crippen LogP contribution in [0.3, 0.4) is 0 Å². The van der Waals surface area contributed by atoms with Gasteiger partial charge in [0.05, 0.1) is 6.07 Å². The van der Waals surface area contributed by atoms with Gasteiger partial charge in [-0.2, -0.15) is 5.26 Å². The molecule has 3 nitrogen and oxygen atoms in total. The van der Waals surface area contributed by atoms with Crippen LogP contribution in [-0.2, 0) is 0 Å². The fraction of sp³-hybridized carbons (Fsp3) is 0.500. The van der Waals surface area contributed by atoms with E-state index in [4.69, 9.17) is 10.00 Å². The van der Waals surface area contributed by atoms with Crippen molar-refractivity contribution in [2.75, 3.05) is 7.05 Å². The molecule has 1 aliphatic carbocycles. The molecule has 2 unspecified atom stereocenters. The van der Waals surface area contributed by atoms with E-state index in [1.165, 1.54) is 0 Å². The van der Waals surface area contributed by atoms with Crippen LogP contribution in [0.5, 0.6) is 5.75 Å². The van der Waals surface area contributed by atoms with Crippen LogP contribution in [0.15, 0.2) is 18.2 Å². The van der Waals surface area contributed by atoms with E-state index in [1.54, 1.807) is 32.2 Å². The fourth-order valence-corrected chi connectivity index (χ4v) is 2.38. The van der Waals surface area contributed by atoms with Crippen molar-refractivity contribution in [3.8, 4) is 11.8 Å². The normalized spacial score (nSPS) is 26.9. The van der Waals surface area contributed by atoms with Gasteiger partial charge >= 0.3 is 0 Å². The molecule has 0 amide bonds. The fourth-order valence-electron chi connectivity index (χ4n) is 2.38. The Morgan fingerprint density at radius 2 is 2.33 bits per heavy atom. The summed E-state index contributed by atoms with van der Waals surface area (Å²) in [4.78, 5) is 0. The number of ether oxygens (including phenoxy) is 1. The van der Waals surface area contributed by atoms with E-state index in [0.717, 1.165) is 12.8 Å². The number of hydrogen-bond acceptors (Lipinski definition) is 3. The number of hydrogen-bond donors (Lipinski definition) is 1. The van der Waals surface area contributed by atoms with Crippen LogP contribution in [0.1, 0.15) is 24.8 Å². The van der Waals surface area contributed by atoms with Gasteiger partial charge in [-0.25, -0.2) is 4.39 Å². The number of halogens is 1. The van der Waals surface area contributed by atoms with Crippen molar-refractivity contribution in [3.63, 3.8) is 0 Å². The molecule has 0 saturated heterocycles. The molecule has 1 aromatic rings. The molecular weight excluding hydrogens is 231 g/mol. The molecule has 1 fully saturated rings. The van der Waals surface area contributed by atoms with Crippen LogP contribution in [-0.4, -0.2) is 18.7 Å². The van der Waals surface area contributed by atoms with Crippen LogP contribution < -0.4 is 10.1 Å². The highest BCUT2D eigenvalue weighted by atomic mass is 19.1. The van der Waals surface area contributed by atoms with Crippen molar-refractivity contribution >= 4 is 0 Å². The van der Waals surface area contributed by atoms with E-state index in [2.05, 4.69) is 11.4 Å². The molecular formula is C14H17FN2O. The van der Waals surface area contributed by atoms with Crippen LogP contribution in [0, 0.1) is 24.1 Å². The van der Waals surface area contributed by atoms with Gasteiger partial charge in [-0.05, 0) is 38.4 Å². The van der Waals surface area contributed by atoms with E-state index >= 15 is 0 Å². The maximum atomic E-state index is 13.8. The van der Waals surface area contributed by atoms with E-state index in [1.807, 2.05) is 0 Å². The Morgan fingerprint density at radius 3 is 2.94 bits per heavy atom. The van der Waals surface area contributed by atoms with Crippen LogP contribution in [0.4, 0.5) is 4.39 Å². The Balaban J connectivity index is 2.09. The zero-order valence-electron chi connectivity index (χ0n) is 10.7. The smallest absolute Gasteiger partial charge is 0.167 e. The molecule has 4 heteroatoms. The average Bonchev–Trinajstić information content (AvgIpc) is 2.79. The summed E-state index contributed by atoms with van der Waals surface area (Å²) in [6.45, 7) is 1.71. The Morgan fingerprint density at radius 1 is 1.56 bits per heavy atom. The SMILES string of the molecule is CNC1(C#N)CCC(Oc2cccc(C)c2F)C1. The topological polar surface area (TPSA) is 45.0 Å². The average molecular weight is 248 g/mol. The summed E-state index contributed by atoms with van der Waals surface area (Å²) in [5.74, 6) is -0.0266. The molecule has 0 radical (unpaired) electrons. The predicted molar refractivity (Wildman–Crippen MR) is 66.8 cm³/mol. The van der Waals surface area contributed by atoms with Crippen molar-refractivity contribution < 1.29 is 9.13 Å². The van der Waals surface area contributed by atoms with Gasteiger partial charge < -0.3 is 10.1 Å². The summed E-state index contributed by atoms with van der Waals surface area (Å²) in [6.07, 6.45) is 1.99. The predicted octanol–water partition coefficient (Wildman–Crippen LogP) is 2.55. The van der Waals surface area contributed by atoms with Crippen molar-refractivity contribution in [3.05, 3.63) is 29.6 Å². The molecule has 0 bridgehead atoms. The highest BCUT2D eigenvalue weighted by Crippen LogP contribution is 2.33. The van der Waals surface area contributed by atoms with Crippen LogP contribution in [0.25, 0.3) is 0 Å². The first-order valence-corrected chi connectivity index (χ1v) is 6.12. The molecule has 18 heavy (non-hydrogen) atoms. The summed E-state index contributed by atoms with van der Waals surface area (Å²) < 4.78 is 19.5. The number of nitrogens with one attached hydrogen (secondary N) is 1. The quantitative estimate of drug-likeness (QED) is 0.894. The molecule has 0 heterocycles. The Hall–Kier alpha value is -1.60. The summed E-state index contributed by atoms with van der Waals surface area (Å²) in [6, 6.07) is 7.41. The third-order valence-corrected chi connectivity index (χ3v) is 3.61. The zero-order chi connectivity index (χ0) is 13.2. The summed E-state index contributed by atoms with van der Waals surface area (Å²) >= 11 is 0. The first-order valence-electron chi connectivity index (χ1n) is 6.12. The van der Waals surface area contributed by atoms with E-state index in [0.29, 0.717) is 12.0 Å². The standard InChI is InChI=1S/C14H17FN2O/c1-10-4-3-5-12(13(10)15)18-11-6-7-14(8-11,9-16)17-2/h3-5,11,17H,6-8H2,1-2H3. The molecule has 1 N–H and O–H groups in total. The highest BCUT2D eigenvalue weighted by Gasteiger charge is 2.39. The number of nitriles is 1. The van der Waals surface area contributed by atoms with Gasteiger partial charge in [-0.3, -0.25) is 0 Å². The van der Waals surface area contributed by atoms with E-state index in [-0.39, 0.29) is 17.7 Å². The maximum Gasteiger partial charge on any atom is 0.167 e. The molecule has 1 aliphatic rings. The minimum absolute atomic E-state index is 0.103. The summed E-state index contributed by atoms with van der Waals surface area (Å²) in [5.41, 5.74) is 0.0518. The highest BCUT2D eigenvalue weighted by molar-refractivity contribution is 5.30. The first kappa shape index (κ1) is 12.8. The molecule has 2 rings (SSSR count). The lowest BCUT2D eigenvalue weighted by Crippen LogP contribution is -2.39. The Labute approximate surface area is 107 Å². The van der Waals surface area contributed by atoms with Crippen LogP contribution in [0.2, 0.25) is 0 Å². The van der Waals surface area contributed by atoms with Gasteiger partial charge in [-0.1, -0.05) is 12.1 Å². The van der Waals surface area contributed by atoms with Crippen molar-refractivity contribution in [2.24, 2.45) is 0 Å². The third-order valence-electron chi connectivity index (χ3n) is 3.61. The molecule has 96 valence electrons. The largest absolute Gasteiger partial charge is 0.487 e. The Bertz CT molecular complexity index is 483.